The fraction of sp³-hybridized carbons (Fsp3) is 0.294. The molecule has 2 rings (SSSR count). The molecule has 2 aromatic rings. The van der Waals surface area contributed by atoms with Gasteiger partial charge in [0.25, 0.3) is 0 Å². The molecule has 0 bridgehead atoms. The molecular weight excluding hydrogens is 250 g/mol. The molecule has 0 heterocycles. The number of benzene rings is 2. The standard InChI is InChI=1S/C17H21NO2/c1-12-5-10-16(20-4)15(11-12)17(18-2)13-6-8-14(19-3)9-7-13/h5-11,17-18H,1-4H3. The molecule has 3 nitrogen and oxygen atoms in total. The lowest BCUT2D eigenvalue weighted by Crippen LogP contribution is -2.18. The number of nitrogens with one attached hydrogen (secondary N) is 1. The van der Waals surface area contributed by atoms with Crippen LogP contribution in [-0.2, 0) is 0 Å². The molecule has 0 amide bonds. The number of ether oxygens (including phenoxy) is 2. The summed E-state index contributed by atoms with van der Waals surface area (Å²) in [5.74, 6) is 1.76. The summed E-state index contributed by atoms with van der Waals surface area (Å²) in [6.07, 6.45) is 0. The Bertz CT molecular complexity index is 564. The third-order valence-corrected chi connectivity index (χ3v) is 3.43. The Labute approximate surface area is 120 Å². The molecule has 0 radical (unpaired) electrons. The molecule has 106 valence electrons. The molecule has 0 aromatic heterocycles. The molecule has 0 spiro atoms. The van der Waals surface area contributed by atoms with Gasteiger partial charge < -0.3 is 14.8 Å². The molecule has 1 N–H and O–H groups in total. The zero-order chi connectivity index (χ0) is 14.5. The molecule has 0 saturated carbocycles. The van der Waals surface area contributed by atoms with E-state index in [1.807, 2.05) is 25.2 Å². The number of aryl methyl sites for hydroxylation is 1. The van der Waals surface area contributed by atoms with Crippen LogP contribution in [0, 0.1) is 6.92 Å². The second-order valence-corrected chi connectivity index (χ2v) is 4.74. The quantitative estimate of drug-likeness (QED) is 0.905. The third kappa shape index (κ3) is 2.94. The SMILES string of the molecule is CNC(c1ccc(OC)cc1)c1cc(C)ccc1OC. The van der Waals surface area contributed by atoms with Crippen LogP contribution < -0.4 is 14.8 Å². The van der Waals surface area contributed by atoms with Crippen LogP contribution in [0.25, 0.3) is 0 Å². The zero-order valence-electron chi connectivity index (χ0n) is 12.4. The Hall–Kier alpha value is -2.00. The zero-order valence-corrected chi connectivity index (χ0v) is 12.4. The lowest BCUT2D eigenvalue weighted by atomic mass is 9.96. The highest BCUT2D eigenvalue weighted by Crippen LogP contribution is 2.31. The number of hydrogen-bond acceptors (Lipinski definition) is 3. The summed E-state index contributed by atoms with van der Waals surface area (Å²) < 4.78 is 10.7. The molecule has 0 aliphatic rings. The van der Waals surface area contributed by atoms with Crippen LogP contribution in [0.1, 0.15) is 22.7 Å². The van der Waals surface area contributed by atoms with E-state index in [-0.39, 0.29) is 6.04 Å². The largest absolute Gasteiger partial charge is 0.497 e. The van der Waals surface area contributed by atoms with Gasteiger partial charge in [-0.05, 0) is 37.7 Å². The molecule has 1 atom stereocenters. The Morgan fingerprint density at radius 2 is 1.65 bits per heavy atom. The van der Waals surface area contributed by atoms with Gasteiger partial charge in [0, 0.05) is 5.56 Å². The lowest BCUT2D eigenvalue weighted by molar-refractivity contribution is 0.405. The summed E-state index contributed by atoms with van der Waals surface area (Å²) in [4.78, 5) is 0. The van der Waals surface area contributed by atoms with Crippen molar-refractivity contribution in [1.82, 2.24) is 5.32 Å². The van der Waals surface area contributed by atoms with Crippen LogP contribution in [0.5, 0.6) is 11.5 Å². The molecule has 0 aliphatic heterocycles. The van der Waals surface area contributed by atoms with Gasteiger partial charge in [-0.3, -0.25) is 0 Å². The first-order valence-electron chi connectivity index (χ1n) is 6.65. The Morgan fingerprint density at radius 1 is 0.950 bits per heavy atom. The highest BCUT2D eigenvalue weighted by Gasteiger charge is 2.16. The maximum absolute atomic E-state index is 5.48. The van der Waals surface area contributed by atoms with Crippen molar-refractivity contribution < 1.29 is 9.47 Å². The molecule has 1 unspecified atom stereocenters. The molecule has 3 heteroatoms. The topological polar surface area (TPSA) is 30.5 Å². The second-order valence-electron chi connectivity index (χ2n) is 4.74. The van der Waals surface area contributed by atoms with Gasteiger partial charge >= 0.3 is 0 Å². The van der Waals surface area contributed by atoms with E-state index in [4.69, 9.17) is 9.47 Å². The van der Waals surface area contributed by atoms with E-state index in [0.717, 1.165) is 17.1 Å². The smallest absolute Gasteiger partial charge is 0.123 e. The van der Waals surface area contributed by atoms with Crippen molar-refractivity contribution in [2.24, 2.45) is 0 Å². The molecule has 0 aliphatic carbocycles. The van der Waals surface area contributed by atoms with E-state index < -0.39 is 0 Å². The van der Waals surface area contributed by atoms with E-state index in [1.54, 1.807) is 14.2 Å². The fourth-order valence-electron chi connectivity index (χ4n) is 2.38. The molecule has 2 aromatic carbocycles. The third-order valence-electron chi connectivity index (χ3n) is 3.43. The van der Waals surface area contributed by atoms with Gasteiger partial charge in [0.15, 0.2) is 0 Å². The first kappa shape index (κ1) is 14.4. The van der Waals surface area contributed by atoms with E-state index in [2.05, 4.69) is 36.5 Å². The first-order valence-corrected chi connectivity index (χ1v) is 6.65. The van der Waals surface area contributed by atoms with Crippen molar-refractivity contribution in [3.8, 4) is 11.5 Å². The van der Waals surface area contributed by atoms with Crippen LogP contribution in [0.4, 0.5) is 0 Å². The highest BCUT2D eigenvalue weighted by molar-refractivity contribution is 5.44. The minimum Gasteiger partial charge on any atom is -0.497 e. The first-order chi connectivity index (χ1) is 9.69. The van der Waals surface area contributed by atoms with E-state index in [1.165, 1.54) is 11.1 Å². The summed E-state index contributed by atoms with van der Waals surface area (Å²) in [6.45, 7) is 2.09. The summed E-state index contributed by atoms with van der Waals surface area (Å²) >= 11 is 0. The fourth-order valence-corrected chi connectivity index (χ4v) is 2.38. The Morgan fingerprint density at radius 3 is 2.20 bits per heavy atom. The maximum Gasteiger partial charge on any atom is 0.123 e. The summed E-state index contributed by atoms with van der Waals surface area (Å²) in [5, 5.41) is 3.35. The van der Waals surface area contributed by atoms with Crippen molar-refractivity contribution in [3.63, 3.8) is 0 Å². The van der Waals surface area contributed by atoms with Gasteiger partial charge in [0.1, 0.15) is 11.5 Å². The van der Waals surface area contributed by atoms with Crippen molar-refractivity contribution in [1.29, 1.82) is 0 Å². The van der Waals surface area contributed by atoms with E-state index in [0.29, 0.717) is 0 Å². The predicted octanol–water partition coefficient (Wildman–Crippen LogP) is 3.32. The molecule has 0 saturated heterocycles. The minimum atomic E-state index is 0.0933. The van der Waals surface area contributed by atoms with Crippen molar-refractivity contribution in [2.45, 2.75) is 13.0 Å². The number of methoxy groups -OCH3 is 2. The summed E-state index contributed by atoms with van der Waals surface area (Å²) in [5.41, 5.74) is 3.53. The van der Waals surface area contributed by atoms with Crippen LogP contribution in [0.3, 0.4) is 0 Å². The van der Waals surface area contributed by atoms with Gasteiger partial charge in [0.05, 0.1) is 20.3 Å². The minimum absolute atomic E-state index is 0.0933. The monoisotopic (exact) mass is 271 g/mol. The average Bonchev–Trinajstić information content (AvgIpc) is 2.49. The highest BCUT2D eigenvalue weighted by atomic mass is 16.5. The Balaban J connectivity index is 2.43. The van der Waals surface area contributed by atoms with Gasteiger partial charge in [-0.25, -0.2) is 0 Å². The molecule has 0 fully saturated rings. The summed E-state index contributed by atoms with van der Waals surface area (Å²) in [7, 11) is 5.33. The predicted molar refractivity (Wildman–Crippen MR) is 81.6 cm³/mol. The number of rotatable bonds is 5. The van der Waals surface area contributed by atoms with Gasteiger partial charge in [-0.15, -0.1) is 0 Å². The lowest BCUT2D eigenvalue weighted by Gasteiger charge is -2.20. The molecule has 20 heavy (non-hydrogen) atoms. The summed E-state index contributed by atoms with van der Waals surface area (Å²) in [6, 6.07) is 14.4. The van der Waals surface area contributed by atoms with Gasteiger partial charge in [-0.1, -0.05) is 29.8 Å². The van der Waals surface area contributed by atoms with Crippen LogP contribution in [0.2, 0.25) is 0 Å². The van der Waals surface area contributed by atoms with Crippen molar-refractivity contribution in [3.05, 3.63) is 59.2 Å². The average molecular weight is 271 g/mol. The van der Waals surface area contributed by atoms with Crippen molar-refractivity contribution in [2.75, 3.05) is 21.3 Å². The van der Waals surface area contributed by atoms with E-state index in [9.17, 15) is 0 Å². The van der Waals surface area contributed by atoms with Crippen molar-refractivity contribution >= 4 is 0 Å². The second kappa shape index (κ2) is 6.44. The maximum atomic E-state index is 5.48. The number of hydrogen-bond donors (Lipinski definition) is 1. The van der Waals surface area contributed by atoms with E-state index >= 15 is 0 Å². The normalized spacial score (nSPS) is 12.0. The molecular formula is C17H21NO2. The van der Waals surface area contributed by atoms with Crippen LogP contribution in [0.15, 0.2) is 42.5 Å². The van der Waals surface area contributed by atoms with Crippen LogP contribution in [-0.4, -0.2) is 21.3 Å². The van der Waals surface area contributed by atoms with Gasteiger partial charge in [0.2, 0.25) is 0 Å². The van der Waals surface area contributed by atoms with Gasteiger partial charge in [-0.2, -0.15) is 0 Å². The Kier molecular flexibility index (Phi) is 4.64. The van der Waals surface area contributed by atoms with Crippen LogP contribution >= 0.6 is 0 Å².